The molecule has 8 heteroatoms. The monoisotopic (exact) mass is 449 g/mol. The molecule has 0 radical (unpaired) electrons. The molecule has 0 saturated carbocycles. The van der Waals surface area contributed by atoms with Crippen LogP contribution >= 0.6 is 23.1 Å². The minimum absolute atomic E-state index is 0.359. The summed E-state index contributed by atoms with van der Waals surface area (Å²) < 4.78 is 11.3. The summed E-state index contributed by atoms with van der Waals surface area (Å²) in [6, 6.07) is 10.8. The van der Waals surface area contributed by atoms with Crippen molar-refractivity contribution in [3.8, 4) is 22.5 Å². The molecule has 0 bridgehead atoms. The second-order valence-corrected chi connectivity index (χ2v) is 9.30. The first kappa shape index (κ1) is 18.9. The van der Waals surface area contributed by atoms with Gasteiger partial charge in [0.15, 0.2) is 11.4 Å². The van der Waals surface area contributed by atoms with Crippen LogP contribution in [0, 0.1) is 0 Å². The Hall–Kier alpha value is -2.87. The van der Waals surface area contributed by atoms with Crippen LogP contribution in [0.4, 0.5) is 5.82 Å². The minimum Gasteiger partial charge on any atom is -0.452 e. The van der Waals surface area contributed by atoms with Crippen LogP contribution in [0.5, 0.6) is 0 Å². The Bertz CT molecular complexity index is 1400. The lowest BCUT2D eigenvalue weighted by Gasteiger charge is -2.27. The third-order valence-corrected chi connectivity index (χ3v) is 7.33. The van der Waals surface area contributed by atoms with Gasteiger partial charge in [0.25, 0.3) is 0 Å². The van der Waals surface area contributed by atoms with E-state index in [1.54, 1.807) is 11.3 Å². The van der Waals surface area contributed by atoms with Gasteiger partial charge in [0.05, 0.1) is 12.2 Å². The lowest BCUT2D eigenvalue weighted by Crippen LogP contribution is -2.28. The lowest BCUT2D eigenvalue weighted by atomic mass is 10.1. The predicted molar refractivity (Wildman–Crippen MR) is 126 cm³/mol. The molecule has 1 aliphatic rings. The Morgan fingerprint density at radius 1 is 1.13 bits per heavy atom. The molecule has 0 amide bonds. The van der Waals surface area contributed by atoms with Crippen LogP contribution in [0.3, 0.4) is 0 Å². The van der Waals surface area contributed by atoms with E-state index < -0.39 is 0 Å². The van der Waals surface area contributed by atoms with Crippen LogP contribution in [-0.4, -0.2) is 32.3 Å². The molecule has 5 heterocycles. The van der Waals surface area contributed by atoms with Gasteiger partial charge >= 0.3 is 0 Å². The zero-order valence-electron chi connectivity index (χ0n) is 16.7. The van der Waals surface area contributed by atoms with E-state index in [9.17, 15) is 0 Å². The number of thiophene rings is 1. The third kappa shape index (κ3) is 3.20. The van der Waals surface area contributed by atoms with Crippen LogP contribution in [0.1, 0.15) is 18.9 Å². The fourth-order valence-corrected chi connectivity index (χ4v) is 5.48. The number of anilines is 1. The van der Waals surface area contributed by atoms with E-state index in [4.69, 9.17) is 21.9 Å². The van der Waals surface area contributed by atoms with Gasteiger partial charge in [0, 0.05) is 52.3 Å². The summed E-state index contributed by atoms with van der Waals surface area (Å²) in [6.45, 7) is 1.74. The zero-order chi connectivity index (χ0) is 20.9. The van der Waals surface area contributed by atoms with E-state index in [1.807, 2.05) is 16.8 Å². The van der Waals surface area contributed by atoms with E-state index in [0.717, 1.165) is 53.8 Å². The number of nitrogen functional groups attached to an aromatic ring is 1. The maximum absolute atomic E-state index is 6.23. The van der Waals surface area contributed by atoms with Crippen LogP contribution in [0.25, 0.3) is 43.5 Å². The second-order valence-electron chi connectivity index (χ2n) is 7.91. The number of nitrogens with zero attached hydrogens (tertiary/aromatic N) is 4. The number of furan rings is 1. The average Bonchev–Trinajstić information content (AvgIpc) is 3.53. The fourth-order valence-electron chi connectivity index (χ4n) is 4.37. The largest absolute Gasteiger partial charge is 0.452 e. The number of nitrogens with two attached hydrogens (primary N) is 1. The number of rotatable bonds is 3. The summed E-state index contributed by atoms with van der Waals surface area (Å²) in [4.78, 5) is 4.40. The number of piperidine rings is 1. The van der Waals surface area contributed by atoms with Crippen molar-refractivity contribution in [2.45, 2.75) is 18.9 Å². The van der Waals surface area contributed by atoms with Crippen molar-refractivity contribution in [1.29, 1.82) is 0 Å². The highest BCUT2D eigenvalue weighted by molar-refractivity contribution is 7.17. The first-order valence-corrected chi connectivity index (χ1v) is 11.5. The van der Waals surface area contributed by atoms with Crippen molar-refractivity contribution in [2.75, 3.05) is 18.8 Å². The molecule has 5 aromatic rings. The smallest absolute Gasteiger partial charge is 0.177 e. The van der Waals surface area contributed by atoms with Crippen molar-refractivity contribution in [3.05, 3.63) is 54.3 Å². The highest BCUT2D eigenvalue weighted by Gasteiger charge is 2.22. The SMILES string of the molecule is Nc1ncc(-c2cnn(C3CCN(Cl)CC3)c2)c2cc(-c3cccc4ccsc34)oc12. The lowest BCUT2D eigenvalue weighted by molar-refractivity contribution is 0.269. The Balaban J connectivity index is 1.44. The maximum atomic E-state index is 6.23. The van der Waals surface area contributed by atoms with Gasteiger partial charge in [-0.2, -0.15) is 5.10 Å². The van der Waals surface area contributed by atoms with Gasteiger partial charge in [-0.25, -0.2) is 9.40 Å². The number of aromatic nitrogens is 3. The van der Waals surface area contributed by atoms with Crippen LogP contribution in [0.2, 0.25) is 0 Å². The maximum Gasteiger partial charge on any atom is 0.177 e. The van der Waals surface area contributed by atoms with Gasteiger partial charge < -0.3 is 10.2 Å². The molecule has 0 spiro atoms. The second kappa shape index (κ2) is 7.37. The van der Waals surface area contributed by atoms with Gasteiger partial charge in [0.1, 0.15) is 5.76 Å². The van der Waals surface area contributed by atoms with E-state index in [0.29, 0.717) is 17.4 Å². The summed E-state index contributed by atoms with van der Waals surface area (Å²) >= 11 is 7.82. The number of hydrogen-bond donors (Lipinski definition) is 1. The standard InChI is InChI=1S/C23H20ClN5OS/c24-28-7-4-16(5-8-28)29-13-15(11-27-29)19-12-26-23(25)21-18(19)10-20(30-21)17-3-1-2-14-6-9-31-22(14)17/h1-3,6,9-13,16H,4-5,7-8H2,(H2,25,26). The number of fused-ring (bicyclic) bond motifs is 2. The number of halogens is 1. The molecule has 1 aliphatic heterocycles. The molecule has 2 N–H and O–H groups in total. The Morgan fingerprint density at radius 2 is 2.00 bits per heavy atom. The van der Waals surface area contributed by atoms with Crippen molar-refractivity contribution >= 4 is 50.0 Å². The summed E-state index contributed by atoms with van der Waals surface area (Å²) in [5.74, 6) is 1.19. The zero-order valence-corrected chi connectivity index (χ0v) is 18.2. The van der Waals surface area contributed by atoms with Crippen LogP contribution in [0.15, 0.2) is 58.7 Å². The molecule has 1 fully saturated rings. The normalized spacial score (nSPS) is 15.9. The summed E-state index contributed by atoms with van der Waals surface area (Å²) in [5, 5.41) is 8.89. The first-order valence-electron chi connectivity index (χ1n) is 10.3. The first-order chi connectivity index (χ1) is 15.2. The average molecular weight is 450 g/mol. The Morgan fingerprint density at radius 3 is 2.87 bits per heavy atom. The molecule has 156 valence electrons. The topological polar surface area (TPSA) is 73.1 Å². The van der Waals surface area contributed by atoms with Gasteiger partial charge in [-0.1, -0.05) is 12.1 Å². The van der Waals surface area contributed by atoms with Gasteiger partial charge in [-0.3, -0.25) is 4.68 Å². The highest BCUT2D eigenvalue weighted by atomic mass is 35.5. The third-order valence-electron chi connectivity index (χ3n) is 6.03. The van der Waals surface area contributed by atoms with Crippen molar-refractivity contribution < 1.29 is 4.42 Å². The van der Waals surface area contributed by atoms with Crippen molar-refractivity contribution in [2.24, 2.45) is 0 Å². The molecule has 0 atom stereocenters. The van der Waals surface area contributed by atoms with Gasteiger partial charge in [0.2, 0.25) is 0 Å². The van der Waals surface area contributed by atoms with E-state index in [-0.39, 0.29) is 0 Å². The van der Waals surface area contributed by atoms with Crippen molar-refractivity contribution in [3.63, 3.8) is 0 Å². The van der Waals surface area contributed by atoms with Crippen molar-refractivity contribution in [1.82, 2.24) is 19.2 Å². The molecular formula is C23H20ClN5OS. The number of benzene rings is 1. The predicted octanol–water partition coefficient (Wildman–Crippen LogP) is 5.95. The number of pyridine rings is 1. The molecule has 4 aromatic heterocycles. The Labute approximate surface area is 188 Å². The summed E-state index contributed by atoms with van der Waals surface area (Å²) in [7, 11) is 0. The van der Waals surface area contributed by atoms with Crippen LogP contribution in [-0.2, 0) is 0 Å². The van der Waals surface area contributed by atoms with E-state index in [2.05, 4.69) is 56.7 Å². The quantitative estimate of drug-likeness (QED) is 0.345. The summed E-state index contributed by atoms with van der Waals surface area (Å²) in [5.41, 5.74) is 9.84. The molecule has 31 heavy (non-hydrogen) atoms. The molecule has 1 aromatic carbocycles. The number of hydrogen-bond acceptors (Lipinski definition) is 6. The van der Waals surface area contributed by atoms with E-state index in [1.165, 1.54) is 10.1 Å². The van der Waals surface area contributed by atoms with Gasteiger partial charge in [-0.15, -0.1) is 11.3 Å². The van der Waals surface area contributed by atoms with E-state index >= 15 is 0 Å². The highest BCUT2D eigenvalue weighted by Crippen LogP contribution is 2.40. The Kier molecular flexibility index (Phi) is 4.49. The van der Waals surface area contributed by atoms with Crippen LogP contribution < -0.4 is 5.73 Å². The molecule has 0 aliphatic carbocycles. The molecular weight excluding hydrogens is 430 g/mol. The molecule has 0 unspecified atom stereocenters. The molecule has 1 saturated heterocycles. The van der Waals surface area contributed by atoms with Gasteiger partial charge in [-0.05, 0) is 53.6 Å². The summed E-state index contributed by atoms with van der Waals surface area (Å²) in [6.07, 6.45) is 7.77. The molecule has 6 rings (SSSR count). The minimum atomic E-state index is 0.359. The molecule has 6 nitrogen and oxygen atoms in total. The fraction of sp³-hybridized carbons (Fsp3) is 0.217.